The first-order valence-electron chi connectivity index (χ1n) is 6.55. The summed E-state index contributed by atoms with van der Waals surface area (Å²) in [6.45, 7) is 1.64. The summed E-state index contributed by atoms with van der Waals surface area (Å²) in [7, 11) is 0. The summed E-state index contributed by atoms with van der Waals surface area (Å²) in [5, 5.41) is 7.57. The normalized spacial score (nSPS) is 10.7. The van der Waals surface area contributed by atoms with Gasteiger partial charge < -0.3 is 9.47 Å². The topological polar surface area (TPSA) is 121 Å². The molecule has 0 aromatic carbocycles. The molecule has 0 aliphatic rings. The molecule has 1 N–H and O–H groups in total. The zero-order valence-corrected chi connectivity index (χ0v) is 12.2. The van der Waals surface area contributed by atoms with E-state index in [1.807, 2.05) is 4.98 Å². The highest BCUT2D eigenvalue weighted by atomic mass is 19.1. The van der Waals surface area contributed by atoms with Crippen LogP contribution in [0, 0.1) is 5.82 Å². The van der Waals surface area contributed by atoms with Gasteiger partial charge in [-0.3, -0.25) is 19.1 Å². The van der Waals surface area contributed by atoms with Crippen molar-refractivity contribution in [2.75, 3.05) is 13.2 Å². The van der Waals surface area contributed by atoms with Crippen LogP contribution in [0.2, 0.25) is 0 Å². The first kappa shape index (κ1) is 16.5. The fourth-order valence-electron chi connectivity index (χ4n) is 1.65. The molecule has 2 rings (SSSR count). The number of rotatable bonds is 7. The lowest BCUT2D eigenvalue weighted by Crippen LogP contribution is -2.31. The van der Waals surface area contributed by atoms with Gasteiger partial charge in [-0.25, -0.2) is 9.48 Å². The molecule has 0 saturated heterocycles. The first-order chi connectivity index (χ1) is 11.0. The third-order valence-electron chi connectivity index (χ3n) is 2.64. The summed E-state index contributed by atoms with van der Waals surface area (Å²) < 4.78 is 25.4. The van der Waals surface area contributed by atoms with Crippen molar-refractivity contribution >= 4 is 5.97 Å². The molecule has 124 valence electrons. The van der Waals surface area contributed by atoms with Crippen LogP contribution in [0.15, 0.2) is 22.0 Å². The number of carbonyl (C=O) groups excluding carboxylic acids is 1. The Bertz CT molecular complexity index is 796. The Hall–Kier alpha value is -2.82. The lowest BCUT2D eigenvalue weighted by molar-refractivity contribution is -0.142. The fraction of sp³-hybridized carbons (Fsp3) is 0.417. The van der Waals surface area contributed by atoms with Crippen molar-refractivity contribution in [3.05, 3.63) is 44.7 Å². The van der Waals surface area contributed by atoms with Crippen LogP contribution >= 0.6 is 0 Å². The van der Waals surface area contributed by atoms with E-state index in [0.717, 1.165) is 10.8 Å². The molecule has 0 saturated carbocycles. The van der Waals surface area contributed by atoms with Crippen molar-refractivity contribution in [2.45, 2.75) is 20.2 Å². The third-order valence-corrected chi connectivity index (χ3v) is 2.64. The Balaban J connectivity index is 1.90. The molecular weight excluding hydrogens is 313 g/mol. The quantitative estimate of drug-likeness (QED) is 0.503. The summed E-state index contributed by atoms with van der Waals surface area (Å²) in [5.41, 5.74) is -1.44. The number of aromatic amines is 1. The molecule has 23 heavy (non-hydrogen) atoms. The van der Waals surface area contributed by atoms with Gasteiger partial charge >= 0.3 is 11.7 Å². The van der Waals surface area contributed by atoms with Crippen LogP contribution < -0.4 is 11.2 Å². The number of ether oxygens (including phenoxy) is 2. The van der Waals surface area contributed by atoms with Gasteiger partial charge in [0.05, 0.1) is 25.5 Å². The average Bonchev–Trinajstić information content (AvgIpc) is 2.91. The number of aromatic nitrogens is 5. The minimum Gasteiger partial charge on any atom is -0.463 e. The Labute approximate surface area is 128 Å². The van der Waals surface area contributed by atoms with Crippen molar-refractivity contribution in [1.82, 2.24) is 24.5 Å². The number of hydrogen-bond donors (Lipinski definition) is 1. The van der Waals surface area contributed by atoms with Crippen LogP contribution in [-0.2, 0) is 27.5 Å². The standard InChI is InChI=1S/C12H14FN5O5/c1-8(19)23-3-2-22-7-18-5-9(15-16-18)4-17-6-10(13)11(20)14-12(17)21/h5-6H,2-4,7H2,1H3,(H,14,20,21). The maximum Gasteiger partial charge on any atom is 0.328 e. The Kier molecular flexibility index (Phi) is 5.36. The monoisotopic (exact) mass is 327 g/mol. The molecule has 0 amide bonds. The van der Waals surface area contributed by atoms with E-state index in [2.05, 4.69) is 15.0 Å². The highest BCUT2D eigenvalue weighted by molar-refractivity contribution is 5.65. The van der Waals surface area contributed by atoms with Crippen molar-refractivity contribution in [2.24, 2.45) is 0 Å². The lowest BCUT2D eigenvalue weighted by atomic mass is 10.4. The predicted molar refractivity (Wildman–Crippen MR) is 73.0 cm³/mol. The van der Waals surface area contributed by atoms with E-state index >= 15 is 0 Å². The number of halogens is 1. The molecule has 0 bridgehead atoms. The Morgan fingerprint density at radius 3 is 2.87 bits per heavy atom. The SMILES string of the molecule is CC(=O)OCCOCn1cc(Cn2cc(F)c(=O)[nH]c2=O)nn1. The van der Waals surface area contributed by atoms with E-state index in [4.69, 9.17) is 4.74 Å². The van der Waals surface area contributed by atoms with Crippen LogP contribution in [0.4, 0.5) is 4.39 Å². The molecule has 2 aromatic rings. The molecule has 0 radical (unpaired) electrons. The number of esters is 1. The van der Waals surface area contributed by atoms with Crippen molar-refractivity contribution in [3.63, 3.8) is 0 Å². The molecule has 0 atom stereocenters. The maximum absolute atomic E-state index is 13.2. The number of nitrogens with one attached hydrogen (secondary N) is 1. The van der Waals surface area contributed by atoms with Crippen LogP contribution in [0.25, 0.3) is 0 Å². The summed E-state index contributed by atoms with van der Waals surface area (Å²) in [6.07, 6.45) is 2.30. The smallest absolute Gasteiger partial charge is 0.328 e. The summed E-state index contributed by atoms with van der Waals surface area (Å²) >= 11 is 0. The lowest BCUT2D eigenvalue weighted by Gasteiger charge is -2.03. The van der Waals surface area contributed by atoms with Gasteiger partial charge in [0, 0.05) is 6.92 Å². The maximum atomic E-state index is 13.2. The second kappa shape index (κ2) is 7.45. The zero-order valence-electron chi connectivity index (χ0n) is 12.2. The van der Waals surface area contributed by atoms with Gasteiger partial charge in [-0.2, -0.15) is 4.39 Å². The highest BCUT2D eigenvalue weighted by Crippen LogP contribution is 1.97. The summed E-state index contributed by atoms with van der Waals surface area (Å²) in [6, 6.07) is 0. The van der Waals surface area contributed by atoms with Gasteiger partial charge in [0.25, 0.3) is 5.56 Å². The highest BCUT2D eigenvalue weighted by Gasteiger charge is 2.07. The minimum atomic E-state index is -1.07. The van der Waals surface area contributed by atoms with Gasteiger partial charge in [-0.05, 0) is 0 Å². The average molecular weight is 327 g/mol. The minimum absolute atomic E-state index is 0.0556. The first-order valence-corrected chi connectivity index (χ1v) is 6.55. The van der Waals surface area contributed by atoms with E-state index in [1.54, 1.807) is 0 Å². The van der Waals surface area contributed by atoms with E-state index in [-0.39, 0.29) is 26.5 Å². The van der Waals surface area contributed by atoms with Crippen molar-refractivity contribution in [1.29, 1.82) is 0 Å². The molecule has 0 aliphatic heterocycles. The van der Waals surface area contributed by atoms with Crippen molar-refractivity contribution in [3.8, 4) is 0 Å². The number of H-pyrrole nitrogens is 1. The molecule has 0 unspecified atom stereocenters. The molecule has 10 nitrogen and oxygen atoms in total. The van der Waals surface area contributed by atoms with Crippen LogP contribution in [0.3, 0.4) is 0 Å². The fourth-order valence-corrected chi connectivity index (χ4v) is 1.65. The Morgan fingerprint density at radius 2 is 2.13 bits per heavy atom. The Morgan fingerprint density at radius 1 is 1.35 bits per heavy atom. The molecule has 2 aromatic heterocycles. The third kappa shape index (κ3) is 4.85. The van der Waals surface area contributed by atoms with E-state index < -0.39 is 23.0 Å². The van der Waals surface area contributed by atoms with Crippen LogP contribution in [-0.4, -0.2) is 43.7 Å². The van der Waals surface area contributed by atoms with Gasteiger partial charge in [-0.1, -0.05) is 5.21 Å². The number of hydrogen-bond acceptors (Lipinski definition) is 7. The second-order valence-corrected chi connectivity index (χ2v) is 4.49. The van der Waals surface area contributed by atoms with Crippen LogP contribution in [0.5, 0.6) is 0 Å². The second-order valence-electron chi connectivity index (χ2n) is 4.49. The zero-order chi connectivity index (χ0) is 16.8. The van der Waals surface area contributed by atoms with Gasteiger partial charge in [0.15, 0.2) is 0 Å². The van der Waals surface area contributed by atoms with Gasteiger partial charge in [0.2, 0.25) is 5.82 Å². The molecular formula is C12H14FN5O5. The molecule has 0 aliphatic carbocycles. The summed E-state index contributed by atoms with van der Waals surface area (Å²) in [4.78, 5) is 34.9. The molecule has 11 heteroatoms. The largest absolute Gasteiger partial charge is 0.463 e. The van der Waals surface area contributed by atoms with E-state index in [1.165, 1.54) is 17.8 Å². The van der Waals surface area contributed by atoms with Gasteiger partial charge in [-0.15, -0.1) is 5.10 Å². The van der Waals surface area contributed by atoms with E-state index in [9.17, 15) is 18.8 Å². The van der Waals surface area contributed by atoms with Crippen molar-refractivity contribution < 1.29 is 18.7 Å². The molecule has 0 spiro atoms. The number of nitrogens with zero attached hydrogens (tertiary/aromatic N) is 4. The van der Waals surface area contributed by atoms with Crippen LogP contribution in [0.1, 0.15) is 12.6 Å². The molecule has 2 heterocycles. The number of carbonyl (C=O) groups is 1. The van der Waals surface area contributed by atoms with E-state index in [0.29, 0.717) is 5.69 Å². The van der Waals surface area contributed by atoms with Gasteiger partial charge in [0.1, 0.15) is 19.0 Å². The summed E-state index contributed by atoms with van der Waals surface area (Å²) in [5.74, 6) is -1.46. The molecule has 0 fully saturated rings. The predicted octanol–water partition coefficient (Wildman–Crippen LogP) is -1.15.